The Balaban J connectivity index is 1.85. The lowest BCUT2D eigenvalue weighted by Crippen LogP contribution is -2.24. The molecule has 0 aliphatic carbocycles. The number of benzene rings is 2. The highest BCUT2D eigenvalue weighted by Crippen LogP contribution is 2.38. The van der Waals surface area contributed by atoms with Crippen LogP contribution in [0.3, 0.4) is 0 Å². The number of nitrogens with one attached hydrogen (secondary N) is 1. The van der Waals surface area contributed by atoms with E-state index in [9.17, 15) is 4.79 Å². The van der Waals surface area contributed by atoms with E-state index in [0.29, 0.717) is 6.42 Å². The van der Waals surface area contributed by atoms with Gasteiger partial charge in [-0.3, -0.25) is 4.79 Å². The topological polar surface area (TPSA) is 46.9 Å². The number of carbonyl (C=O) groups excluding carboxylic acids is 1. The first-order valence-electron chi connectivity index (χ1n) is 8.29. The van der Waals surface area contributed by atoms with E-state index in [4.69, 9.17) is 0 Å². The van der Waals surface area contributed by atoms with Crippen LogP contribution in [0, 0.1) is 0 Å². The zero-order valence-corrected chi connectivity index (χ0v) is 13.6. The number of hydrogen-bond donors (Lipinski definition) is 1. The van der Waals surface area contributed by atoms with Gasteiger partial charge in [0, 0.05) is 17.9 Å². The molecule has 4 rings (SSSR count). The van der Waals surface area contributed by atoms with Gasteiger partial charge in [0.15, 0.2) is 0 Å². The Morgan fingerprint density at radius 3 is 2.67 bits per heavy atom. The number of carbonyl (C=O) groups is 1. The predicted molar refractivity (Wildman–Crippen MR) is 94.5 cm³/mol. The molecule has 4 nitrogen and oxygen atoms in total. The molecule has 2 aromatic carbocycles. The van der Waals surface area contributed by atoms with Crippen LogP contribution in [0.2, 0.25) is 0 Å². The van der Waals surface area contributed by atoms with Crippen LogP contribution in [-0.2, 0) is 11.2 Å². The zero-order chi connectivity index (χ0) is 16.5. The second-order valence-electron chi connectivity index (χ2n) is 6.06. The maximum absolute atomic E-state index is 12.3. The zero-order valence-electron chi connectivity index (χ0n) is 13.6. The monoisotopic (exact) mass is 317 g/mol. The smallest absolute Gasteiger partial charge is 0.226 e. The van der Waals surface area contributed by atoms with Crippen LogP contribution in [0.15, 0.2) is 60.8 Å². The van der Waals surface area contributed by atoms with Gasteiger partial charge in [-0.1, -0.05) is 55.5 Å². The lowest BCUT2D eigenvalue weighted by atomic mass is 9.87. The molecule has 3 aromatic rings. The molecule has 1 aliphatic rings. The fraction of sp³-hybridized carbons (Fsp3) is 0.200. The number of rotatable bonds is 3. The van der Waals surface area contributed by atoms with Crippen molar-refractivity contribution in [2.75, 3.05) is 5.32 Å². The lowest BCUT2D eigenvalue weighted by molar-refractivity contribution is -0.116. The molecular weight excluding hydrogens is 298 g/mol. The van der Waals surface area contributed by atoms with Crippen molar-refractivity contribution < 1.29 is 4.79 Å². The molecule has 0 radical (unpaired) electrons. The Labute approximate surface area is 141 Å². The second-order valence-corrected chi connectivity index (χ2v) is 6.06. The quantitative estimate of drug-likeness (QED) is 0.796. The van der Waals surface area contributed by atoms with Gasteiger partial charge < -0.3 is 5.32 Å². The molecule has 120 valence electrons. The average Bonchev–Trinajstić information content (AvgIpc) is 3.05. The van der Waals surface area contributed by atoms with Crippen molar-refractivity contribution >= 4 is 11.7 Å². The van der Waals surface area contributed by atoms with Crippen molar-refractivity contribution in [1.29, 1.82) is 0 Å². The summed E-state index contributed by atoms with van der Waals surface area (Å²) in [5, 5.41) is 7.61. The highest BCUT2D eigenvalue weighted by Gasteiger charge is 2.30. The first kappa shape index (κ1) is 14.7. The average molecular weight is 317 g/mol. The molecule has 0 fully saturated rings. The van der Waals surface area contributed by atoms with Gasteiger partial charge in [0.25, 0.3) is 0 Å². The minimum Gasteiger partial charge on any atom is -0.310 e. The summed E-state index contributed by atoms with van der Waals surface area (Å²) in [7, 11) is 0. The Hall–Kier alpha value is -2.88. The summed E-state index contributed by atoms with van der Waals surface area (Å²) in [4.78, 5) is 12.3. The fourth-order valence-corrected chi connectivity index (χ4v) is 3.40. The Kier molecular flexibility index (Phi) is 3.65. The van der Waals surface area contributed by atoms with Crippen molar-refractivity contribution in [1.82, 2.24) is 9.78 Å². The van der Waals surface area contributed by atoms with Crippen LogP contribution in [0.25, 0.3) is 5.69 Å². The SMILES string of the molecule is CCc1ccccc1-n1ncc2c1NC(=O)C[C@@H]2c1ccccc1. The summed E-state index contributed by atoms with van der Waals surface area (Å²) in [5.74, 6) is 0.880. The van der Waals surface area contributed by atoms with Gasteiger partial charge in [-0.25, -0.2) is 4.68 Å². The first-order valence-corrected chi connectivity index (χ1v) is 8.29. The summed E-state index contributed by atoms with van der Waals surface area (Å²) >= 11 is 0. The van der Waals surface area contributed by atoms with Crippen LogP contribution >= 0.6 is 0 Å². The summed E-state index contributed by atoms with van der Waals surface area (Å²) in [6, 6.07) is 18.3. The van der Waals surface area contributed by atoms with Crippen LogP contribution in [-0.4, -0.2) is 15.7 Å². The molecule has 1 amide bonds. The number of aryl methyl sites for hydroxylation is 1. The minimum absolute atomic E-state index is 0.0343. The van der Waals surface area contributed by atoms with Gasteiger partial charge >= 0.3 is 0 Å². The summed E-state index contributed by atoms with van der Waals surface area (Å²) in [5.41, 5.74) is 4.46. The van der Waals surface area contributed by atoms with E-state index in [0.717, 1.165) is 29.1 Å². The van der Waals surface area contributed by atoms with Gasteiger partial charge in [0.05, 0.1) is 11.9 Å². The number of fused-ring (bicyclic) bond motifs is 1. The number of amides is 1. The number of para-hydroxylation sites is 1. The molecule has 1 aromatic heterocycles. The molecule has 1 aliphatic heterocycles. The van der Waals surface area contributed by atoms with Crippen molar-refractivity contribution in [3.8, 4) is 5.69 Å². The van der Waals surface area contributed by atoms with Crippen molar-refractivity contribution in [3.05, 3.63) is 77.5 Å². The number of nitrogens with zero attached hydrogens (tertiary/aromatic N) is 2. The van der Waals surface area contributed by atoms with Gasteiger partial charge in [-0.15, -0.1) is 0 Å². The molecule has 1 N–H and O–H groups in total. The normalized spacial score (nSPS) is 16.5. The Morgan fingerprint density at radius 2 is 1.88 bits per heavy atom. The highest BCUT2D eigenvalue weighted by atomic mass is 16.1. The van der Waals surface area contributed by atoms with Crippen LogP contribution in [0.1, 0.15) is 36.0 Å². The number of anilines is 1. The molecule has 0 saturated carbocycles. The first-order chi connectivity index (χ1) is 11.8. The summed E-state index contributed by atoms with van der Waals surface area (Å²) < 4.78 is 1.86. The van der Waals surface area contributed by atoms with Crippen molar-refractivity contribution in [2.45, 2.75) is 25.7 Å². The van der Waals surface area contributed by atoms with Gasteiger partial charge in [-0.05, 0) is 23.6 Å². The molecular formula is C20H19N3O. The van der Waals surface area contributed by atoms with E-state index in [1.54, 1.807) is 0 Å². The van der Waals surface area contributed by atoms with E-state index < -0.39 is 0 Å². The third-order valence-electron chi connectivity index (χ3n) is 4.62. The third kappa shape index (κ3) is 2.40. The van der Waals surface area contributed by atoms with Gasteiger partial charge in [0.1, 0.15) is 5.82 Å². The van der Waals surface area contributed by atoms with Crippen molar-refractivity contribution in [3.63, 3.8) is 0 Å². The highest BCUT2D eigenvalue weighted by molar-refractivity contribution is 5.94. The molecule has 1 atom stereocenters. The van der Waals surface area contributed by atoms with E-state index in [2.05, 4.69) is 35.5 Å². The maximum atomic E-state index is 12.3. The predicted octanol–water partition coefficient (Wildman–Crippen LogP) is 3.91. The number of hydrogen-bond acceptors (Lipinski definition) is 2. The molecule has 24 heavy (non-hydrogen) atoms. The Morgan fingerprint density at radius 1 is 1.12 bits per heavy atom. The largest absolute Gasteiger partial charge is 0.310 e. The molecule has 0 spiro atoms. The van der Waals surface area contributed by atoms with E-state index in [-0.39, 0.29) is 11.8 Å². The maximum Gasteiger partial charge on any atom is 0.226 e. The fourth-order valence-electron chi connectivity index (χ4n) is 3.40. The van der Waals surface area contributed by atoms with Crippen LogP contribution in [0.5, 0.6) is 0 Å². The standard InChI is InChI=1S/C20H19N3O/c1-2-14-8-6-7-11-18(14)23-20-17(13-21-23)16(12-19(24)22-20)15-9-4-3-5-10-15/h3-11,13,16H,2,12H2,1H3,(H,22,24)/t16-/m1/s1. The minimum atomic E-state index is 0.0343. The van der Waals surface area contributed by atoms with E-state index in [1.807, 2.05) is 47.3 Å². The molecule has 4 heteroatoms. The van der Waals surface area contributed by atoms with Crippen LogP contribution in [0.4, 0.5) is 5.82 Å². The van der Waals surface area contributed by atoms with Gasteiger partial charge in [-0.2, -0.15) is 5.10 Å². The molecule has 0 unspecified atom stereocenters. The Bertz CT molecular complexity index is 883. The van der Waals surface area contributed by atoms with E-state index in [1.165, 1.54) is 5.56 Å². The second kappa shape index (κ2) is 5.96. The van der Waals surface area contributed by atoms with E-state index >= 15 is 0 Å². The van der Waals surface area contributed by atoms with Gasteiger partial charge in [0.2, 0.25) is 5.91 Å². The van der Waals surface area contributed by atoms with Crippen LogP contribution < -0.4 is 5.32 Å². The molecule has 2 heterocycles. The molecule has 0 bridgehead atoms. The summed E-state index contributed by atoms with van der Waals surface area (Å²) in [6.45, 7) is 2.13. The summed E-state index contributed by atoms with van der Waals surface area (Å²) in [6.07, 6.45) is 3.26. The van der Waals surface area contributed by atoms with Crippen molar-refractivity contribution in [2.24, 2.45) is 0 Å². The molecule has 0 saturated heterocycles. The third-order valence-corrected chi connectivity index (χ3v) is 4.62. The number of aromatic nitrogens is 2. The lowest BCUT2D eigenvalue weighted by Gasteiger charge is -2.24.